The summed E-state index contributed by atoms with van der Waals surface area (Å²) in [6.07, 6.45) is 3.06. The molecule has 1 N–H and O–H groups in total. The quantitative estimate of drug-likeness (QED) is 0.770. The molecule has 0 fully saturated rings. The molecule has 0 aromatic heterocycles. The minimum absolute atomic E-state index is 0.377. The summed E-state index contributed by atoms with van der Waals surface area (Å²) in [5.41, 5.74) is 3.71. The van der Waals surface area contributed by atoms with E-state index in [9.17, 15) is 5.11 Å². The van der Waals surface area contributed by atoms with Crippen LogP contribution in [0.15, 0.2) is 35.9 Å². The van der Waals surface area contributed by atoms with Gasteiger partial charge < -0.3 is 10.0 Å². The van der Waals surface area contributed by atoms with E-state index in [-0.39, 0.29) is 6.10 Å². The number of anilines is 1. The average Bonchev–Trinajstić information content (AvgIpc) is 2.30. The zero-order chi connectivity index (χ0) is 11.5. The Morgan fingerprint density at radius 2 is 1.94 bits per heavy atom. The van der Waals surface area contributed by atoms with Crippen molar-refractivity contribution in [1.29, 1.82) is 0 Å². The maximum Gasteiger partial charge on any atom is 0.0761 e. The van der Waals surface area contributed by atoms with Crippen molar-refractivity contribution in [3.05, 3.63) is 41.5 Å². The first-order chi connectivity index (χ1) is 7.66. The third kappa shape index (κ3) is 2.45. The van der Waals surface area contributed by atoms with Crippen LogP contribution < -0.4 is 4.90 Å². The van der Waals surface area contributed by atoms with Crippen molar-refractivity contribution in [3.63, 3.8) is 0 Å². The van der Waals surface area contributed by atoms with E-state index in [0.717, 1.165) is 25.1 Å². The van der Waals surface area contributed by atoms with Crippen LogP contribution in [0.5, 0.6) is 0 Å². The molecule has 1 atom stereocenters. The first-order valence-corrected chi connectivity index (χ1v) is 5.85. The number of hydrogen-bond acceptors (Lipinski definition) is 2. The summed E-state index contributed by atoms with van der Waals surface area (Å²) in [4.78, 5) is 2.36. The molecule has 0 saturated heterocycles. The lowest BCUT2D eigenvalue weighted by atomic mass is 10.1. The van der Waals surface area contributed by atoms with Gasteiger partial charge in [0.25, 0.3) is 0 Å². The van der Waals surface area contributed by atoms with Gasteiger partial charge in [-0.25, -0.2) is 0 Å². The Morgan fingerprint density at radius 1 is 1.25 bits per heavy atom. The van der Waals surface area contributed by atoms with Crippen molar-refractivity contribution in [2.75, 3.05) is 18.0 Å². The highest BCUT2D eigenvalue weighted by molar-refractivity contribution is 5.49. The van der Waals surface area contributed by atoms with Crippen molar-refractivity contribution < 1.29 is 5.11 Å². The number of aliphatic hydroxyl groups excluding tert-OH is 1. The van der Waals surface area contributed by atoms with Crippen LogP contribution in [0, 0.1) is 0 Å². The molecule has 1 aliphatic heterocycles. The molecule has 0 bridgehead atoms. The summed E-state index contributed by atoms with van der Waals surface area (Å²) in [6, 6.07) is 8.20. The van der Waals surface area contributed by atoms with Gasteiger partial charge in [0.2, 0.25) is 0 Å². The van der Waals surface area contributed by atoms with Crippen LogP contribution in [-0.2, 0) is 0 Å². The monoisotopic (exact) mass is 217 g/mol. The molecule has 2 rings (SSSR count). The van der Waals surface area contributed by atoms with E-state index in [1.54, 1.807) is 6.92 Å². The van der Waals surface area contributed by atoms with Gasteiger partial charge in [0, 0.05) is 18.8 Å². The maximum absolute atomic E-state index is 9.44. The Hall–Kier alpha value is -1.28. The fourth-order valence-electron chi connectivity index (χ4n) is 1.97. The maximum atomic E-state index is 9.44. The molecule has 16 heavy (non-hydrogen) atoms. The Bertz CT molecular complexity index is 378. The van der Waals surface area contributed by atoms with Crippen LogP contribution in [0.1, 0.15) is 31.9 Å². The number of aliphatic hydroxyl groups is 1. The fourth-order valence-corrected chi connectivity index (χ4v) is 1.97. The van der Waals surface area contributed by atoms with Crippen LogP contribution >= 0.6 is 0 Å². The number of benzene rings is 1. The highest BCUT2D eigenvalue weighted by Crippen LogP contribution is 2.21. The number of hydrogen-bond donors (Lipinski definition) is 1. The van der Waals surface area contributed by atoms with Gasteiger partial charge in [-0.3, -0.25) is 0 Å². The molecule has 1 aromatic rings. The average molecular weight is 217 g/mol. The molecule has 2 heteroatoms. The van der Waals surface area contributed by atoms with Crippen LogP contribution in [-0.4, -0.2) is 18.2 Å². The first kappa shape index (κ1) is 11.2. The summed E-state index contributed by atoms with van der Waals surface area (Å²) >= 11 is 0. The molecule has 2 nitrogen and oxygen atoms in total. The van der Waals surface area contributed by atoms with Crippen LogP contribution in [0.4, 0.5) is 5.69 Å². The van der Waals surface area contributed by atoms with Crippen molar-refractivity contribution in [2.45, 2.75) is 26.4 Å². The summed E-state index contributed by atoms with van der Waals surface area (Å²) in [5.74, 6) is 0. The molecule has 1 heterocycles. The molecule has 86 valence electrons. The Morgan fingerprint density at radius 3 is 2.44 bits per heavy atom. The van der Waals surface area contributed by atoms with E-state index in [0.29, 0.717) is 0 Å². The Labute approximate surface area is 97.2 Å². The standard InChI is InChI=1S/C14H19NO/c1-11-7-9-15(10-8-11)14-5-3-13(4-6-14)12(2)16/h3-7,12,16H,8-10H2,1-2H3/t12-/m0/s1. The minimum atomic E-state index is -0.377. The molecular formula is C14H19NO. The van der Waals surface area contributed by atoms with Crippen LogP contribution in [0.25, 0.3) is 0 Å². The second kappa shape index (κ2) is 4.71. The molecule has 1 aliphatic rings. The van der Waals surface area contributed by atoms with Crippen LogP contribution in [0.3, 0.4) is 0 Å². The largest absolute Gasteiger partial charge is 0.389 e. The number of rotatable bonds is 2. The van der Waals surface area contributed by atoms with Crippen molar-refractivity contribution >= 4 is 5.69 Å². The lowest BCUT2D eigenvalue weighted by Crippen LogP contribution is -2.27. The van der Waals surface area contributed by atoms with Crippen molar-refractivity contribution in [1.82, 2.24) is 0 Å². The van der Waals surface area contributed by atoms with E-state index in [2.05, 4.69) is 30.0 Å². The molecule has 1 aromatic carbocycles. The zero-order valence-corrected chi connectivity index (χ0v) is 9.98. The van der Waals surface area contributed by atoms with Gasteiger partial charge in [0.15, 0.2) is 0 Å². The molecule has 0 amide bonds. The normalized spacial score (nSPS) is 18.2. The van der Waals surface area contributed by atoms with Gasteiger partial charge >= 0.3 is 0 Å². The van der Waals surface area contributed by atoms with Crippen LogP contribution in [0.2, 0.25) is 0 Å². The highest BCUT2D eigenvalue weighted by atomic mass is 16.3. The third-order valence-electron chi connectivity index (χ3n) is 3.18. The number of nitrogens with zero attached hydrogens (tertiary/aromatic N) is 1. The second-order valence-electron chi connectivity index (χ2n) is 4.51. The van der Waals surface area contributed by atoms with Crippen molar-refractivity contribution in [2.24, 2.45) is 0 Å². The third-order valence-corrected chi connectivity index (χ3v) is 3.18. The zero-order valence-electron chi connectivity index (χ0n) is 9.98. The lowest BCUT2D eigenvalue weighted by molar-refractivity contribution is 0.199. The molecule has 0 aliphatic carbocycles. The van der Waals surface area contributed by atoms with Gasteiger partial charge in [-0.05, 0) is 38.0 Å². The Balaban J connectivity index is 2.10. The lowest BCUT2D eigenvalue weighted by Gasteiger charge is -2.27. The van der Waals surface area contributed by atoms with Gasteiger partial charge in [0.05, 0.1) is 6.10 Å². The van der Waals surface area contributed by atoms with E-state index in [1.807, 2.05) is 12.1 Å². The predicted octanol–water partition coefficient (Wildman–Crippen LogP) is 2.90. The highest BCUT2D eigenvalue weighted by Gasteiger charge is 2.10. The predicted molar refractivity (Wildman–Crippen MR) is 67.7 cm³/mol. The second-order valence-corrected chi connectivity index (χ2v) is 4.51. The fraction of sp³-hybridized carbons (Fsp3) is 0.429. The first-order valence-electron chi connectivity index (χ1n) is 5.85. The molecule has 0 unspecified atom stereocenters. The molecule has 0 saturated carbocycles. The van der Waals surface area contributed by atoms with E-state index in [1.165, 1.54) is 11.3 Å². The molecule has 0 radical (unpaired) electrons. The van der Waals surface area contributed by atoms with E-state index >= 15 is 0 Å². The summed E-state index contributed by atoms with van der Waals surface area (Å²) in [6.45, 7) is 6.08. The SMILES string of the molecule is CC1=CCN(c2ccc([C@H](C)O)cc2)CC1. The molecular weight excluding hydrogens is 198 g/mol. The minimum Gasteiger partial charge on any atom is -0.389 e. The van der Waals surface area contributed by atoms with Crippen molar-refractivity contribution in [3.8, 4) is 0 Å². The van der Waals surface area contributed by atoms with Gasteiger partial charge in [-0.15, -0.1) is 0 Å². The van der Waals surface area contributed by atoms with Gasteiger partial charge in [-0.2, -0.15) is 0 Å². The van der Waals surface area contributed by atoms with Gasteiger partial charge in [-0.1, -0.05) is 23.8 Å². The van der Waals surface area contributed by atoms with E-state index < -0.39 is 0 Å². The summed E-state index contributed by atoms with van der Waals surface area (Å²) in [7, 11) is 0. The summed E-state index contributed by atoms with van der Waals surface area (Å²) < 4.78 is 0. The van der Waals surface area contributed by atoms with Gasteiger partial charge in [0.1, 0.15) is 0 Å². The summed E-state index contributed by atoms with van der Waals surface area (Å²) in [5, 5.41) is 9.44. The topological polar surface area (TPSA) is 23.5 Å². The van der Waals surface area contributed by atoms with E-state index in [4.69, 9.17) is 0 Å². The Kier molecular flexibility index (Phi) is 3.30. The smallest absolute Gasteiger partial charge is 0.0761 e. The molecule has 0 spiro atoms.